The maximum atomic E-state index is 13.5. The quantitative estimate of drug-likeness (QED) is 0.502. The SMILES string of the molecule is CNC1CCCCC1Nc1cc2c(c(Nc3ccc(OC)c(C(F)(F)F)c3)c1)C(=O)NCC2. The van der Waals surface area contributed by atoms with Crippen molar-refractivity contribution in [1.82, 2.24) is 10.6 Å². The molecule has 33 heavy (non-hydrogen) atoms. The first-order valence-electron chi connectivity index (χ1n) is 11.2. The van der Waals surface area contributed by atoms with Gasteiger partial charge in [-0.15, -0.1) is 0 Å². The average Bonchev–Trinajstić information content (AvgIpc) is 2.79. The second-order valence-electron chi connectivity index (χ2n) is 8.53. The van der Waals surface area contributed by atoms with Gasteiger partial charge in [0, 0.05) is 30.0 Å². The summed E-state index contributed by atoms with van der Waals surface area (Å²) in [5.74, 6) is -0.487. The fourth-order valence-corrected chi connectivity index (χ4v) is 4.77. The maximum Gasteiger partial charge on any atom is 0.420 e. The van der Waals surface area contributed by atoms with Gasteiger partial charge in [-0.2, -0.15) is 13.2 Å². The van der Waals surface area contributed by atoms with E-state index in [1.165, 1.54) is 25.7 Å². The van der Waals surface area contributed by atoms with Gasteiger partial charge in [0.1, 0.15) is 5.75 Å². The molecule has 4 rings (SSSR count). The summed E-state index contributed by atoms with van der Waals surface area (Å²) in [6, 6.07) is 8.16. The van der Waals surface area contributed by atoms with E-state index in [9.17, 15) is 18.0 Å². The summed E-state index contributed by atoms with van der Waals surface area (Å²) in [7, 11) is 3.16. The predicted molar refractivity (Wildman–Crippen MR) is 122 cm³/mol. The van der Waals surface area contributed by atoms with E-state index >= 15 is 0 Å². The molecular weight excluding hydrogens is 433 g/mol. The van der Waals surface area contributed by atoms with Crippen LogP contribution in [0.25, 0.3) is 0 Å². The smallest absolute Gasteiger partial charge is 0.420 e. The van der Waals surface area contributed by atoms with Crippen LogP contribution in [0, 0.1) is 0 Å². The highest BCUT2D eigenvalue weighted by Gasteiger charge is 2.35. The minimum absolute atomic E-state index is 0.228. The van der Waals surface area contributed by atoms with Gasteiger partial charge in [-0.3, -0.25) is 4.79 Å². The summed E-state index contributed by atoms with van der Waals surface area (Å²) in [5, 5.41) is 12.8. The third kappa shape index (κ3) is 5.03. The molecule has 1 fully saturated rings. The van der Waals surface area contributed by atoms with Gasteiger partial charge in [-0.1, -0.05) is 12.8 Å². The van der Waals surface area contributed by atoms with E-state index in [1.807, 2.05) is 19.2 Å². The van der Waals surface area contributed by atoms with Gasteiger partial charge in [0.15, 0.2) is 0 Å². The lowest BCUT2D eigenvalue weighted by Crippen LogP contribution is -2.44. The molecule has 1 aliphatic carbocycles. The Morgan fingerprint density at radius 3 is 2.52 bits per heavy atom. The van der Waals surface area contributed by atoms with Crippen molar-refractivity contribution in [3.8, 4) is 5.75 Å². The van der Waals surface area contributed by atoms with E-state index in [1.54, 1.807) is 0 Å². The molecule has 6 nitrogen and oxygen atoms in total. The largest absolute Gasteiger partial charge is 0.496 e. The van der Waals surface area contributed by atoms with Crippen LogP contribution < -0.4 is 26.0 Å². The van der Waals surface area contributed by atoms with Crippen molar-refractivity contribution in [3.05, 3.63) is 47.0 Å². The molecule has 0 bridgehead atoms. The van der Waals surface area contributed by atoms with Crippen LogP contribution in [0.15, 0.2) is 30.3 Å². The van der Waals surface area contributed by atoms with Gasteiger partial charge < -0.3 is 26.0 Å². The number of hydrogen-bond donors (Lipinski definition) is 4. The molecule has 1 heterocycles. The molecule has 0 radical (unpaired) electrons. The standard InChI is InChI=1S/C24H29F3N4O2/c1-28-18-5-3-4-6-19(18)31-16-11-14-9-10-29-23(32)22(14)20(13-16)30-15-7-8-21(33-2)17(12-15)24(25,26)27/h7-8,11-13,18-19,28,30-31H,3-6,9-10H2,1-2H3,(H,29,32). The van der Waals surface area contributed by atoms with Crippen molar-refractivity contribution in [2.45, 2.75) is 50.4 Å². The number of likely N-dealkylation sites (N-methyl/N-ethyl adjacent to an activating group) is 1. The minimum atomic E-state index is -4.56. The van der Waals surface area contributed by atoms with Crippen LogP contribution in [-0.4, -0.2) is 38.7 Å². The molecule has 1 saturated carbocycles. The molecule has 1 amide bonds. The summed E-state index contributed by atoms with van der Waals surface area (Å²) in [5.41, 5.74) is 2.01. The number of alkyl halides is 3. The molecule has 1 aliphatic heterocycles. The second kappa shape index (κ2) is 9.51. The summed E-state index contributed by atoms with van der Waals surface area (Å²) in [4.78, 5) is 12.6. The van der Waals surface area contributed by atoms with Gasteiger partial charge in [0.05, 0.1) is 23.9 Å². The van der Waals surface area contributed by atoms with Crippen LogP contribution in [0.1, 0.15) is 47.2 Å². The van der Waals surface area contributed by atoms with Gasteiger partial charge in [-0.05, 0) is 62.2 Å². The van der Waals surface area contributed by atoms with Crippen LogP contribution in [0.3, 0.4) is 0 Å². The van der Waals surface area contributed by atoms with Crippen LogP contribution in [-0.2, 0) is 12.6 Å². The number of methoxy groups -OCH3 is 1. The number of fused-ring (bicyclic) bond motifs is 1. The summed E-state index contributed by atoms with van der Waals surface area (Å²) < 4.78 is 45.4. The highest BCUT2D eigenvalue weighted by Crippen LogP contribution is 2.39. The average molecular weight is 463 g/mol. The number of carbonyl (C=O) groups is 1. The number of ether oxygens (including phenoxy) is 1. The summed E-state index contributed by atoms with van der Waals surface area (Å²) >= 11 is 0. The number of nitrogens with one attached hydrogen (secondary N) is 4. The molecular formula is C24H29F3N4O2. The Balaban J connectivity index is 1.70. The molecule has 0 spiro atoms. The monoisotopic (exact) mass is 462 g/mol. The minimum Gasteiger partial charge on any atom is -0.496 e. The zero-order chi connectivity index (χ0) is 23.6. The molecule has 9 heteroatoms. The molecule has 0 saturated heterocycles. The highest BCUT2D eigenvalue weighted by atomic mass is 19.4. The number of anilines is 3. The Hall–Kier alpha value is -2.94. The Morgan fingerprint density at radius 2 is 1.82 bits per heavy atom. The van der Waals surface area contributed by atoms with Crippen molar-refractivity contribution < 1.29 is 22.7 Å². The Kier molecular flexibility index (Phi) is 6.69. The summed E-state index contributed by atoms with van der Waals surface area (Å²) in [6.45, 7) is 0.526. The normalized spacial score (nSPS) is 20.6. The number of benzene rings is 2. The number of halogens is 3. The summed E-state index contributed by atoms with van der Waals surface area (Å²) in [6.07, 6.45) is 0.520. The first-order chi connectivity index (χ1) is 15.8. The fourth-order valence-electron chi connectivity index (χ4n) is 4.77. The predicted octanol–water partition coefficient (Wildman–Crippen LogP) is 4.69. The van der Waals surface area contributed by atoms with E-state index in [4.69, 9.17) is 4.74 Å². The van der Waals surface area contributed by atoms with Crippen molar-refractivity contribution in [2.24, 2.45) is 0 Å². The lowest BCUT2D eigenvalue weighted by molar-refractivity contribution is -0.138. The van der Waals surface area contributed by atoms with Crippen molar-refractivity contribution in [1.29, 1.82) is 0 Å². The molecule has 0 aromatic heterocycles. The van der Waals surface area contributed by atoms with Crippen molar-refractivity contribution in [3.63, 3.8) is 0 Å². The van der Waals surface area contributed by atoms with Crippen LogP contribution in [0.4, 0.5) is 30.2 Å². The van der Waals surface area contributed by atoms with Crippen LogP contribution in [0.5, 0.6) is 5.75 Å². The molecule has 178 valence electrons. The van der Waals surface area contributed by atoms with Gasteiger partial charge >= 0.3 is 6.18 Å². The first kappa shape index (κ1) is 23.2. The van der Waals surface area contributed by atoms with Crippen molar-refractivity contribution in [2.75, 3.05) is 31.3 Å². The third-order valence-electron chi connectivity index (χ3n) is 6.40. The molecule has 4 N–H and O–H groups in total. The molecule has 2 aliphatic rings. The van der Waals surface area contributed by atoms with E-state index in [2.05, 4.69) is 21.3 Å². The van der Waals surface area contributed by atoms with Crippen molar-refractivity contribution >= 4 is 23.0 Å². The van der Waals surface area contributed by atoms with E-state index in [0.717, 1.165) is 36.6 Å². The maximum absolute atomic E-state index is 13.5. The van der Waals surface area contributed by atoms with Gasteiger partial charge in [-0.25, -0.2) is 0 Å². The molecule has 2 aromatic rings. The van der Waals surface area contributed by atoms with E-state index < -0.39 is 11.7 Å². The zero-order valence-corrected chi connectivity index (χ0v) is 18.7. The Morgan fingerprint density at radius 1 is 1.06 bits per heavy atom. The number of rotatable bonds is 6. The lowest BCUT2D eigenvalue weighted by Gasteiger charge is -2.33. The second-order valence-corrected chi connectivity index (χ2v) is 8.53. The molecule has 2 aromatic carbocycles. The number of amides is 1. The Labute approximate surface area is 191 Å². The lowest BCUT2D eigenvalue weighted by atomic mass is 9.89. The van der Waals surface area contributed by atoms with Crippen LogP contribution >= 0.6 is 0 Å². The third-order valence-corrected chi connectivity index (χ3v) is 6.40. The number of carbonyl (C=O) groups excluding carboxylic acids is 1. The first-order valence-corrected chi connectivity index (χ1v) is 11.2. The topological polar surface area (TPSA) is 74.4 Å². The van der Waals surface area contributed by atoms with Gasteiger partial charge in [0.25, 0.3) is 5.91 Å². The zero-order valence-electron chi connectivity index (χ0n) is 18.7. The molecule has 2 unspecified atom stereocenters. The number of hydrogen-bond acceptors (Lipinski definition) is 5. The van der Waals surface area contributed by atoms with E-state index in [-0.39, 0.29) is 23.4 Å². The fraction of sp³-hybridized carbons (Fsp3) is 0.458. The molecule has 2 atom stereocenters. The van der Waals surface area contributed by atoms with E-state index in [0.29, 0.717) is 30.3 Å². The highest BCUT2D eigenvalue weighted by molar-refractivity contribution is 6.03. The van der Waals surface area contributed by atoms with Crippen LogP contribution in [0.2, 0.25) is 0 Å². The Bertz CT molecular complexity index is 1030. The van der Waals surface area contributed by atoms with Gasteiger partial charge in [0.2, 0.25) is 0 Å².